The predicted molar refractivity (Wildman–Crippen MR) is 123 cm³/mol. The molecule has 1 atom stereocenters. The van der Waals surface area contributed by atoms with Crippen LogP contribution in [0.5, 0.6) is 0 Å². The van der Waals surface area contributed by atoms with Gasteiger partial charge in [0.05, 0.1) is 11.3 Å². The quantitative estimate of drug-likeness (QED) is 0.738. The average molecular weight is 437 g/mol. The van der Waals surface area contributed by atoms with Gasteiger partial charge in [-0.3, -0.25) is 9.59 Å². The molecule has 1 unspecified atom stereocenters. The third-order valence-electron chi connectivity index (χ3n) is 6.98. The second kappa shape index (κ2) is 8.45. The third kappa shape index (κ3) is 3.59. The lowest BCUT2D eigenvalue weighted by molar-refractivity contribution is 0.0581. The Morgan fingerprint density at radius 1 is 1.00 bits per heavy atom. The lowest BCUT2D eigenvalue weighted by atomic mass is 9.97. The van der Waals surface area contributed by atoms with Gasteiger partial charge in [0.15, 0.2) is 0 Å². The highest BCUT2D eigenvalue weighted by atomic mass is 19.1. The van der Waals surface area contributed by atoms with Gasteiger partial charge in [0, 0.05) is 50.5 Å². The van der Waals surface area contributed by atoms with Crippen molar-refractivity contribution in [1.29, 1.82) is 0 Å². The number of hydrogen-bond acceptors (Lipinski definition) is 4. The molecule has 7 heteroatoms. The molecule has 168 valence electrons. The second-order valence-corrected chi connectivity index (χ2v) is 8.75. The summed E-state index contributed by atoms with van der Waals surface area (Å²) in [6, 6.07) is 12.0. The van der Waals surface area contributed by atoms with Crippen molar-refractivity contribution in [1.82, 2.24) is 9.80 Å². The van der Waals surface area contributed by atoms with Crippen LogP contribution < -0.4 is 9.80 Å². The largest absolute Gasteiger partial charge is 0.368 e. The van der Waals surface area contributed by atoms with Crippen molar-refractivity contribution in [3.05, 3.63) is 59.4 Å². The normalized spacial score (nSPS) is 20.8. The van der Waals surface area contributed by atoms with Crippen LogP contribution in [0, 0.1) is 5.82 Å². The number of amides is 2. The Hall–Kier alpha value is -3.09. The van der Waals surface area contributed by atoms with Crippen LogP contribution in [0.4, 0.5) is 15.8 Å². The zero-order valence-electron chi connectivity index (χ0n) is 18.5. The zero-order valence-corrected chi connectivity index (χ0v) is 18.5. The molecule has 0 aromatic heterocycles. The molecular formula is C25H29FN4O2. The van der Waals surface area contributed by atoms with E-state index in [1.54, 1.807) is 18.2 Å². The molecule has 3 aliphatic heterocycles. The van der Waals surface area contributed by atoms with Crippen molar-refractivity contribution < 1.29 is 14.0 Å². The molecule has 0 spiro atoms. The Morgan fingerprint density at radius 3 is 2.47 bits per heavy atom. The SMILES string of the molecule is CCN1c2cc(C(=O)N3CCN(c4ccc(F)cc4)CC3)ccc2C(=O)N2CCCCC21. The molecule has 0 saturated carbocycles. The van der Waals surface area contributed by atoms with Crippen LogP contribution in [0.15, 0.2) is 42.5 Å². The first kappa shape index (κ1) is 20.8. The number of anilines is 2. The van der Waals surface area contributed by atoms with Crippen molar-refractivity contribution in [2.45, 2.75) is 32.4 Å². The van der Waals surface area contributed by atoms with E-state index >= 15 is 0 Å². The summed E-state index contributed by atoms with van der Waals surface area (Å²) >= 11 is 0. The first-order valence-electron chi connectivity index (χ1n) is 11.6. The zero-order chi connectivity index (χ0) is 22.2. The molecule has 2 aromatic rings. The van der Waals surface area contributed by atoms with Gasteiger partial charge in [0.25, 0.3) is 11.8 Å². The molecule has 0 bridgehead atoms. The van der Waals surface area contributed by atoms with Gasteiger partial charge in [-0.05, 0) is 68.7 Å². The van der Waals surface area contributed by atoms with E-state index in [4.69, 9.17) is 0 Å². The van der Waals surface area contributed by atoms with Crippen LogP contribution in [0.25, 0.3) is 0 Å². The van der Waals surface area contributed by atoms with Gasteiger partial charge in [-0.25, -0.2) is 4.39 Å². The van der Waals surface area contributed by atoms with Crippen LogP contribution in [0.1, 0.15) is 46.9 Å². The van der Waals surface area contributed by atoms with Gasteiger partial charge < -0.3 is 19.6 Å². The summed E-state index contributed by atoms with van der Waals surface area (Å²) in [7, 11) is 0. The number of carbonyl (C=O) groups is 2. The molecule has 3 heterocycles. The third-order valence-corrected chi connectivity index (χ3v) is 6.98. The van der Waals surface area contributed by atoms with Gasteiger partial charge in [0.1, 0.15) is 12.0 Å². The highest BCUT2D eigenvalue weighted by molar-refractivity contribution is 6.04. The van der Waals surface area contributed by atoms with Crippen molar-refractivity contribution >= 4 is 23.2 Å². The number of benzene rings is 2. The number of nitrogens with zero attached hydrogens (tertiary/aromatic N) is 4. The molecule has 6 nitrogen and oxygen atoms in total. The van der Waals surface area contributed by atoms with E-state index in [-0.39, 0.29) is 23.8 Å². The number of fused-ring (bicyclic) bond motifs is 2. The van der Waals surface area contributed by atoms with E-state index in [2.05, 4.69) is 16.7 Å². The first-order chi connectivity index (χ1) is 15.6. The fraction of sp³-hybridized carbons (Fsp3) is 0.440. The van der Waals surface area contributed by atoms with Gasteiger partial charge in [-0.15, -0.1) is 0 Å². The topological polar surface area (TPSA) is 47.1 Å². The molecule has 32 heavy (non-hydrogen) atoms. The standard InChI is InChI=1S/C25H29FN4O2/c1-2-29-22-17-18(6-11-21(22)25(32)30-12-4-3-5-23(29)30)24(31)28-15-13-27(14-16-28)20-9-7-19(26)8-10-20/h6-11,17,23H,2-5,12-16H2,1H3. The average Bonchev–Trinajstić information content (AvgIpc) is 2.84. The molecule has 2 amide bonds. The number of hydrogen-bond donors (Lipinski definition) is 0. The smallest absolute Gasteiger partial charge is 0.257 e. The lowest BCUT2D eigenvalue weighted by Gasteiger charge is -2.47. The summed E-state index contributed by atoms with van der Waals surface area (Å²) in [6.45, 7) is 6.35. The van der Waals surface area contributed by atoms with Crippen LogP contribution in [-0.4, -0.2) is 67.0 Å². The minimum absolute atomic E-state index is 0.00105. The van der Waals surface area contributed by atoms with E-state index in [9.17, 15) is 14.0 Å². The van der Waals surface area contributed by atoms with Crippen molar-refractivity contribution in [2.75, 3.05) is 49.1 Å². The number of piperidine rings is 1. The Balaban J connectivity index is 1.33. The van der Waals surface area contributed by atoms with E-state index in [1.807, 2.05) is 21.9 Å². The lowest BCUT2D eigenvalue weighted by Crippen LogP contribution is -2.57. The van der Waals surface area contributed by atoms with Crippen molar-refractivity contribution in [3.8, 4) is 0 Å². The fourth-order valence-electron chi connectivity index (χ4n) is 5.26. The van der Waals surface area contributed by atoms with Gasteiger partial charge in [-0.2, -0.15) is 0 Å². The molecule has 2 saturated heterocycles. The van der Waals surface area contributed by atoms with Crippen LogP contribution in [0.3, 0.4) is 0 Å². The molecule has 0 aliphatic carbocycles. The molecule has 5 rings (SSSR count). The number of piperazine rings is 1. The fourth-order valence-corrected chi connectivity index (χ4v) is 5.26. The summed E-state index contributed by atoms with van der Waals surface area (Å²) in [4.78, 5) is 34.6. The Kier molecular flexibility index (Phi) is 5.49. The first-order valence-corrected chi connectivity index (χ1v) is 11.6. The molecule has 2 fully saturated rings. The maximum Gasteiger partial charge on any atom is 0.257 e. The molecular weight excluding hydrogens is 407 g/mol. The molecule has 3 aliphatic rings. The van der Waals surface area contributed by atoms with Crippen molar-refractivity contribution in [2.24, 2.45) is 0 Å². The summed E-state index contributed by atoms with van der Waals surface area (Å²) in [6.07, 6.45) is 3.24. The van der Waals surface area contributed by atoms with E-state index < -0.39 is 0 Å². The molecule has 0 radical (unpaired) electrons. The van der Waals surface area contributed by atoms with Gasteiger partial charge in [0.2, 0.25) is 0 Å². The summed E-state index contributed by atoms with van der Waals surface area (Å²) < 4.78 is 13.2. The summed E-state index contributed by atoms with van der Waals surface area (Å²) in [5.74, 6) is -0.159. The molecule has 0 N–H and O–H groups in total. The molecule has 2 aromatic carbocycles. The Morgan fingerprint density at radius 2 is 1.75 bits per heavy atom. The predicted octanol–water partition coefficient (Wildman–Crippen LogP) is 3.58. The number of rotatable bonds is 3. The van der Waals surface area contributed by atoms with Crippen LogP contribution in [-0.2, 0) is 0 Å². The van der Waals surface area contributed by atoms with Crippen LogP contribution >= 0.6 is 0 Å². The van der Waals surface area contributed by atoms with Crippen LogP contribution in [0.2, 0.25) is 0 Å². The highest BCUT2D eigenvalue weighted by Crippen LogP contribution is 2.36. The second-order valence-electron chi connectivity index (χ2n) is 8.75. The van der Waals surface area contributed by atoms with E-state index in [1.165, 1.54) is 12.1 Å². The maximum absolute atomic E-state index is 13.3. The minimum atomic E-state index is -0.245. The maximum atomic E-state index is 13.3. The Labute approximate surface area is 188 Å². The van der Waals surface area contributed by atoms with E-state index in [0.29, 0.717) is 37.3 Å². The summed E-state index contributed by atoms with van der Waals surface area (Å²) in [5.41, 5.74) is 3.19. The van der Waals surface area contributed by atoms with Crippen molar-refractivity contribution in [3.63, 3.8) is 0 Å². The minimum Gasteiger partial charge on any atom is -0.368 e. The monoisotopic (exact) mass is 436 g/mol. The highest BCUT2D eigenvalue weighted by Gasteiger charge is 2.38. The van der Waals surface area contributed by atoms with E-state index in [0.717, 1.165) is 43.7 Å². The Bertz CT molecular complexity index is 1020. The number of carbonyl (C=O) groups excluding carboxylic acids is 2. The summed E-state index contributed by atoms with van der Waals surface area (Å²) in [5, 5.41) is 0. The number of halogens is 1. The van der Waals surface area contributed by atoms with Gasteiger partial charge >= 0.3 is 0 Å². The van der Waals surface area contributed by atoms with Gasteiger partial charge in [-0.1, -0.05) is 0 Å².